The smallest absolute Gasteiger partial charge is 0.337 e. The standard InChI is InChI=1S/C17H16N2O5S.C17H16N2O3S.CH2Cl2/c1-3-12-9-13(20)24-16-14(12)15(18-17(19-16)25(2,21)22)23-10-11-7-5-4-6-8-11;1-3-12-9-13(20)22-16-14(12)15(18-17(19-16)23-2)21-10-11-7-5-4-6-8-11;2-1-3/h4-9H,3,10H2,1-2H3;4-9H,3,10H2,1-2H3;1H2. The van der Waals surface area contributed by atoms with Crippen molar-refractivity contribution in [2.75, 3.05) is 17.9 Å². The number of fused-ring (bicyclic) bond motifs is 2. The average Bonchev–Trinajstić information content (AvgIpc) is 3.12. The Kier molecular flexibility index (Phi) is 14.4. The number of rotatable bonds is 10. The van der Waals surface area contributed by atoms with E-state index in [1.165, 1.54) is 23.9 Å². The lowest BCUT2D eigenvalue weighted by atomic mass is 10.1. The van der Waals surface area contributed by atoms with E-state index in [1.54, 1.807) is 0 Å². The quantitative estimate of drug-likeness (QED) is 0.0795. The number of aryl methyl sites for hydroxylation is 2. The van der Waals surface area contributed by atoms with Crippen LogP contribution in [0.4, 0.5) is 0 Å². The van der Waals surface area contributed by atoms with Gasteiger partial charge < -0.3 is 18.3 Å². The summed E-state index contributed by atoms with van der Waals surface area (Å²) in [5, 5.41) is 1.34. The number of halogens is 2. The topological polar surface area (TPSA) is 165 Å². The van der Waals surface area contributed by atoms with Gasteiger partial charge in [-0.25, -0.2) is 18.0 Å². The van der Waals surface area contributed by atoms with Gasteiger partial charge >= 0.3 is 11.3 Å². The van der Waals surface area contributed by atoms with Crippen LogP contribution in [0.25, 0.3) is 22.2 Å². The van der Waals surface area contributed by atoms with E-state index in [4.69, 9.17) is 41.5 Å². The molecule has 0 N–H and O–H groups in total. The summed E-state index contributed by atoms with van der Waals surface area (Å²) in [4.78, 5) is 40.0. The number of nitrogens with zero attached hydrogens (tertiary/aromatic N) is 4. The van der Waals surface area contributed by atoms with Crippen molar-refractivity contribution in [3.8, 4) is 11.8 Å². The lowest BCUT2D eigenvalue weighted by molar-refractivity contribution is 0.293. The monoisotopic (exact) mass is 772 g/mol. The Morgan fingerprint density at radius 2 is 1.14 bits per heavy atom. The Hall–Kier alpha value is -4.50. The molecular weight excluding hydrogens is 739 g/mol. The van der Waals surface area contributed by atoms with Crippen molar-refractivity contribution in [1.82, 2.24) is 19.9 Å². The molecule has 0 saturated heterocycles. The van der Waals surface area contributed by atoms with Gasteiger partial charge in [-0.2, -0.15) is 19.9 Å². The van der Waals surface area contributed by atoms with Gasteiger partial charge in [-0.3, -0.25) is 0 Å². The van der Waals surface area contributed by atoms with Crippen molar-refractivity contribution in [2.24, 2.45) is 0 Å². The highest BCUT2D eigenvalue weighted by molar-refractivity contribution is 7.98. The van der Waals surface area contributed by atoms with Crippen LogP contribution in [0.1, 0.15) is 36.1 Å². The third kappa shape index (κ3) is 10.7. The van der Waals surface area contributed by atoms with Gasteiger partial charge in [0.05, 0.1) is 5.34 Å². The van der Waals surface area contributed by atoms with Crippen LogP contribution in [0.2, 0.25) is 0 Å². The van der Waals surface area contributed by atoms with Gasteiger partial charge in [0.15, 0.2) is 5.16 Å². The molecule has 0 aliphatic rings. The summed E-state index contributed by atoms with van der Waals surface area (Å²) in [5.74, 6) is 0.527. The van der Waals surface area contributed by atoms with Gasteiger partial charge in [-0.1, -0.05) is 86.3 Å². The second-order valence-electron chi connectivity index (χ2n) is 10.5. The largest absolute Gasteiger partial charge is 0.472 e. The molecule has 4 aromatic heterocycles. The van der Waals surface area contributed by atoms with Crippen LogP contribution in [0.3, 0.4) is 0 Å². The fraction of sp³-hybridized carbons (Fsp3) is 0.257. The van der Waals surface area contributed by atoms with Crippen molar-refractivity contribution >= 4 is 67.0 Å². The Labute approximate surface area is 308 Å². The molecule has 0 saturated carbocycles. The van der Waals surface area contributed by atoms with Crippen LogP contribution in [-0.2, 0) is 35.9 Å². The fourth-order valence-corrected chi connectivity index (χ4v) is 5.50. The SMILES string of the molecule is CCc1cc(=O)oc2nc(S(C)(=O)=O)nc(OCc3ccccc3)c12.CCc1cc(=O)oc2nc(SC)nc(OCc3ccccc3)c12.ClCCl. The Bertz CT molecular complexity index is 2310. The number of hydrogen-bond acceptors (Lipinski definition) is 13. The number of sulfone groups is 1. The van der Waals surface area contributed by atoms with Crippen LogP contribution in [0.5, 0.6) is 11.8 Å². The third-order valence-corrected chi connectivity index (χ3v) is 8.37. The number of ether oxygens (including phenoxy) is 2. The molecule has 6 rings (SSSR count). The van der Waals surface area contributed by atoms with Crippen molar-refractivity contribution in [3.63, 3.8) is 0 Å². The average molecular weight is 774 g/mol. The molecule has 0 bridgehead atoms. The Balaban J connectivity index is 0.000000213. The molecule has 16 heteroatoms. The van der Waals surface area contributed by atoms with Gasteiger partial charge in [-0.05, 0) is 41.4 Å². The molecular formula is C35H34Cl2N4O8S2. The Morgan fingerprint density at radius 1 is 0.706 bits per heavy atom. The molecule has 0 radical (unpaired) electrons. The highest BCUT2D eigenvalue weighted by Crippen LogP contribution is 2.29. The molecule has 6 aromatic rings. The number of aromatic nitrogens is 4. The minimum Gasteiger partial charge on any atom is -0.472 e. The molecule has 268 valence electrons. The highest BCUT2D eigenvalue weighted by atomic mass is 35.5. The summed E-state index contributed by atoms with van der Waals surface area (Å²) >= 11 is 10.9. The molecule has 0 aliphatic carbocycles. The summed E-state index contributed by atoms with van der Waals surface area (Å²) < 4.78 is 45.7. The molecule has 51 heavy (non-hydrogen) atoms. The van der Waals surface area contributed by atoms with E-state index in [0.29, 0.717) is 46.8 Å². The van der Waals surface area contributed by atoms with E-state index >= 15 is 0 Å². The zero-order valence-corrected chi connectivity index (χ0v) is 31.2. The van der Waals surface area contributed by atoms with Crippen LogP contribution >= 0.6 is 35.0 Å². The van der Waals surface area contributed by atoms with Gasteiger partial charge in [0.25, 0.3) is 5.16 Å². The zero-order chi connectivity index (χ0) is 37.0. The number of hydrogen-bond donors (Lipinski definition) is 0. The van der Waals surface area contributed by atoms with Crippen molar-refractivity contribution in [2.45, 2.75) is 50.2 Å². The van der Waals surface area contributed by atoms with Crippen LogP contribution in [-0.4, -0.2) is 46.2 Å². The van der Waals surface area contributed by atoms with Gasteiger partial charge in [-0.15, -0.1) is 23.2 Å². The summed E-state index contributed by atoms with van der Waals surface area (Å²) in [6.45, 7) is 4.42. The molecule has 0 fully saturated rings. The molecule has 0 atom stereocenters. The van der Waals surface area contributed by atoms with E-state index in [9.17, 15) is 18.0 Å². The van der Waals surface area contributed by atoms with Gasteiger partial charge in [0.1, 0.15) is 24.0 Å². The van der Waals surface area contributed by atoms with E-state index in [0.717, 1.165) is 22.9 Å². The number of alkyl halides is 2. The molecule has 0 amide bonds. The maximum Gasteiger partial charge on any atom is 0.337 e. The first-order chi connectivity index (χ1) is 24.5. The second kappa shape index (κ2) is 18.7. The van der Waals surface area contributed by atoms with Gasteiger partial charge in [0.2, 0.25) is 33.0 Å². The first-order valence-corrected chi connectivity index (χ1v) is 19.6. The van der Waals surface area contributed by atoms with Crippen LogP contribution < -0.4 is 20.7 Å². The maximum absolute atomic E-state index is 11.8. The number of thioether (sulfide) groups is 1. The van der Waals surface area contributed by atoms with Crippen LogP contribution in [0, 0.1) is 0 Å². The predicted octanol–water partition coefficient (Wildman–Crippen LogP) is 7.00. The molecule has 2 aromatic carbocycles. The normalized spacial score (nSPS) is 10.9. The molecule has 0 unspecified atom stereocenters. The predicted molar refractivity (Wildman–Crippen MR) is 198 cm³/mol. The summed E-state index contributed by atoms with van der Waals surface area (Å²) in [6.07, 6.45) is 4.04. The van der Waals surface area contributed by atoms with Crippen molar-refractivity contribution in [1.29, 1.82) is 0 Å². The lowest BCUT2D eigenvalue weighted by Crippen LogP contribution is -2.10. The summed E-state index contributed by atoms with van der Waals surface area (Å²) in [7, 11) is -3.70. The minimum absolute atomic E-state index is 0.0786. The maximum atomic E-state index is 11.8. The highest BCUT2D eigenvalue weighted by Gasteiger charge is 2.21. The summed E-state index contributed by atoms with van der Waals surface area (Å²) in [5.41, 5.74) is 2.57. The molecule has 12 nitrogen and oxygen atoms in total. The fourth-order valence-electron chi connectivity index (χ4n) is 4.66. The van der Waals surface area contributed by atoms with Crippen molar-refractivity contribution < 1.29 is 26.7 Å². The van der Waals surface area contributed by atoms with E-state index < -0.39 is 26.2 Å². The summed E-state index contributed by atoms with van der Waals surface area (Å²) in [6, 6.07) is 22.0. The van der Waals surface area contributed by atoms with E-state index in [2.05, 4.69) is 19.9 Å². The lowest BCUT2D eigenvalue weighted by Gasteiger charge is -2.11. The minimum atomic E-state index is -3.70. The first kappa shape index (κ1) is 39.3. The van der Waals surface area contributed by atoms with Crippen LogP contribution in [0.15, 0.2) is 102 Å². The van der Waals surface area contributed by atoms with E-state index in [-0.39, 0.29) is 29.3 Å². The van der Waals surface area contributed by atoms with E-state index in [1.807, 2.05) is 80.8 Å². The zero-order valence-electron chi connectivity index (χ0n) is 28.1. The third-order valence-electron chi connectivity index (χ3n) is 6.98. The molecule has 0 spiro atoms. The molecule has 0 aliphatic heterocycles. The van der Waals surface area contributed by atoms with Crippen molar-refractivity contribution in [3.05, 3.63) is 116 Å². The number of benzene rings is 2. The van der Waals surface area contributed by atoms with Gasteiger partial charge in [0, 0.05) is 18.4 Å². The first-order valence-electron chi connectivity index (χ1n) is 15.4. The Morgan fingerprint density at radius 3 is 1.55 bits per heavy atom. The molecule has 4 heterocycles. The second-order valence-corrected chi connectivity index (χ2v) is 14.0.